The molecule has 102 valence electrons. The summed E-state index contributed by atoms with van der Waals surface area (Å²) in [5, 5.41) is 3.75. The number of rotatable bonds is 6. The maximum Gasteiger partial charge on any atom is 0.142 e. The molecule has 1 heterocycles. The lowest BCUT2D eigenvalue weighted by Crippen LogP contribution is -2.09. The second-order valence-corrected chi connectivity index (χ2v) is 4.63. The van der Waals surface area contributed by atoms with Gasteiger partial charge in [-0.1, -0.05) is 23.7 Å². The summed E-state index contributed by atoms with van der Waals surface area (Å²) in [5.41, 5.74) is 2.09. The van der Waals surface area contributed by atoms with Gasteiger partial charge in [-0.2, -0.15) is 0 Å². The van der Waals surface area contributed by atoms with Crippen molar-refractivity contribution in [3.8, 4) is 5.75 Å². The Hall–Kier alpha value is -1.52. The standard InChI is InChI=1S/C14H18ClN3O/c1-3-18-10-17-8-12(18)9-19-14-11(7-16-2)5-4-6-13(14)15/h4-6,8,10,16H,3,7,9H2,1-2H3. The summed E-state index contributed by atoms with van der Waals surface area (Å²) in [4.78, 5) is 4.12. The molecule has 2 rings (SSSR count). The number of hydrogen-bond donors (Lipinski definition) is 1. The van der Waals surface area contributed by atoms with Crippen LogP contribution in [0.2, 0.25) is 5.02 Å². The predicted octanol–water partition coefficient (Wildman–Crippen LogP) is 2.85. The Labute approximate surface area is 118 Å². The number of imidazole rings is 1. The van der Waals surface area contributed by atoms with Crippen LogP contribution in [-0.2, 0) is 19.7 Å². The van der Waals surface area contributed by atoms with E-state index < -0.39 is 0 Å². The molecule has 0 amide bonds. The number of hydrogen-bond acceptors (Lipinski definition) is 3. The normalized spacial score (nSPS) is 10.7. The van der Waals surface area contributed by atoms with E-state index in [-0.39, 0.29) is 0 Å². The van der Waals surface area contributed by atoms with Crippen LogP contribution in [0.15, 0.2) is 30.7 Å². The van der Waals surface area contributed by atoms with Crippen LogP contribution < -0.4 is 10.1 Å². The van der Waals surface area contributed by atoms with Crippen molar-refractivity contribution >= 4 is 11.6 Å². The van der Waals surface area contributed by atoms with Crippen LogP contribution in [0.1, 0.15) is 18.2 Å². The molecule has 0 saturated heterocycles. The van der Waals surface area contributed by atoms with Gasteiger partial charge in [-0.3, -0.25) is 0 Å². The summed E-state index contributed by atoms with van der Waals surface area (Å²) >= 11 is 6.20. The average Bonchev–Trinajstić information content (AvgIpc) is 2.86. The van der Waals surface area contributed by atoms with E-state index in [0.29, 0.717) is 11.6 Å². The van der Waals surface area contributed by atoms with Crippen molar-refractivity contribution in [2.45, 2.75) is 26.6 Å². The first-order valence-corrected chi connectivity index (χ1v) is 6.67. The largest absolute Gasteiger partial charge is 0.485 e. The number of aryl methyl sites for hydroxylation is 1. The van der Waals surface area contributed by atoms with Gasteiger partial charge >= 0.3 is 0 Å². The summed E-state index contributed by atoms with van der Waals surface area (Å²) in [6, 6.07) is 5.78. The number of halogens is 1. The van der Waals surface area contributed by atoms with Crippen LogP contribution in [0.5, 0.6) is 5.75 Å². The van der Waals surface area contributed by atoms with Crippen molar-refractivity contribution in [1.29, 1.82) is 0 Å². The highest BCUT2D eigenvalue weighted by molar-refractivity contribution is 6.32. The average molecular weight is 280 g/mol. The molecule has 1 N–H and O–H groups in total. The number of benzene rings is 1. The molecule has 1 aromatic heterocycles. The Morgan fingerprint density at radius 3 is 3.00 bits per heavy atom. The quantitative estimate of drug-likeness (QED) is 0.884. The summed E-state index contributed by atoms with van der Waals surface area (Å²) in [5.74, 6) is 0.738. The van der Waals surface area contributed by atoms with Gasteiger partial charge in [0.25, 0.3) is 0 Å². The summed E-state index contributed by atoms with van der Waals surface area (Å²) in [7, 11) is 1.90. The van der Waals surface area contributed by atoms with E-state index >= 15 is 0 Å². The van der Waals surface area contributed by atoms with E-state index in [2.05, 4.69) is 21.8 Å². The first kappa shape index (κ1) is 13.9. The molecule has 0 saturated carbocycles. The molecule has 0 aliphatic carbocycles. The molecular weight excluding hydrogens is 262 g/mol. The lowest BCUT2D eigenvalue weighted by molar-refractivity contribution is 0.292. The minimum absolute atomic E-state index is 0.467. The SMILES string of the molecule is CCn1cncc1COc1c(Cl)cccc1CNC. The molecule has 5 heteroatoms. The molecule has 0 aliphatic heterocycles. The highest BCUT2D eigenvalue weighted by atomic mass is 35.5. The van der Waals surface area contributed by atoms with Crippen LogP contribution in [0.25, 0.3) is 0 Å². The second-order valence-electron chi connectivity index (χ2n) is 4.22. The van der Waals surface area contributed by atoms with Crippen LogP contribution >= 0.6 is 11.6 Å². The summed E-state index contributed by atoms with van der Waals surface area (Å²) in [6.45, 7) is 4.15. The third-order valence-corrected chi connectivity index (χ3v) is 3.22. The van der Waals surface area contributed by atoms with Gasteiger partial charge in [0.05, 0.1) is 23.2 Å². The van der Waals surface area contributed by atoms with Gasteiger partial charge < -0.3 is 14.6 Å². The highest BCUT2D eigenvalue weighted by Gasteiger charge is 2.09. The minimum Gasteiger partial charge on any atom is -0.485 e. The molecular formula is C14H18ClN3O. The molecule has 0 bridgehead atoms. The topological polar surface area (TPSA) is 39.1 Å². The van der Waals surface area contributed by atoms with E-state index in [1.165, 1.54) is 0 Å². The third-order valence-electron chi connectivity index (χ3n) is 2.92. The zero-order valence-corrected chi connectivity index (χ0v) is 11.9. The summed E-state index contributed by atoms with van der Waals surface area (Å²) in [6.07, 6.45) is 3.62. The first-order valence-electron chi connectivity index (χ1n) is 6.30. The molecule has 0 fully saturated rings. The molecule has 0 aliphatic rings. The Kier molecular flexibility index (Phi) is 4.82. The van der Waals surface area contributed by atoms with Gasteiger partial charge in [-0.05, 0) is 20.0 Å². The van der Waals surface area contributed by atoms with Crippen molar-refractivity contribution in [3.05, 3.63) is 47.0 Å². The second kappa shape index (κ2) is 6.59. The Morgan fingerprint density at radius 1 is 1.42 bits per heavy atom. The smallest absolute Gasteiger partial charge is 0.142 e. The zero-order valence-electron chi connectivity index (χ0n) is 11.2. The molecule has 2 aromatic rings. The monoisotopic (exact) mass is 279 g/mol. The van der Waals surface area contributed by atoms with Gasteiger partial charge in [-0.25, -0.2) is 4.98 Å². The Morgan fingerprint density at radius 2 is 2.26 bits per heavy atom. The van der Waals surface area contributed by atoms with E-state index in [1.54, 1.807) is 6.33 Å². The van der Waals surface area contributed by atoms with E-state index in [0.717, 1.165) is 30.1 Å². The number of nitrogens with zero attached hydrogens (tertiary/aromatic N) is 2. The van der Waals surface area contributed by atoms with Gasteiger partial charge in [0.15, 0.2) is 0 Å². The first-order chi connectivity index (χ1) is 9.26. The van der Waals surface area contributed by atoms with Gasteiger partial charge in [-0.15, -0.1) is 0 Å². The molecule has 19 heavy (non-hydrogen) atoms. The van der Waals surface area contributed by atoms with Gasteiger partial charge in [0.2, 0.25) is 0 Å². The molecule has 0 radical (unpaired) electrons. The fraction of sp³-hybridized carbons (Fsp3) is 0.357. The molecule has 0 spiro atoms. The van der Waals surface area contributed by atoms with Crippen LogP contribution in [0.4, 0.5) is 0 Å². The van der Waals surface area contributed by atoms with Crippen molar-refractivity contribution in [2.75, 3.05) is 7.05 Å². The maximum absolute atomic E-state index is 6.20. The van der Waals surface area contributed by atoms with Crippen molar-refractivity contribution in [1.82, 2.24) is 14.9 Å². The number of ether oxygens (including phenoxy) is 1. The highest BCUT2D eigenvalue weighted by Crippen LogP contribution is 2.29. The van der Waals surface area contributed by atoms with E-state index in [1.807, 2.05) is 31.4 Å². The van der Waals surface area contributed by atoms with Crippen molar-refractivity contribution in [3.63, 3.8) is 0 Å². The van der Waals surface area contributed by atoms with Crippen LogP contribution in [0.3, 0.4) is 0 Å². The molecule has 0 unspecified atom stereocenters. The van der Waals surface area contributed by atoms with E-state index in [9.17, 15) is 0 Å². The lowest BCUT2D eigenvalue weighted by atomic mass is 10.2. The number of aromatic nitrogens is 2. The van der Waals surface area contributed by atoms with Gasteiger partial charge in [0.1, 0.15) is 12.4 Å². The van der Waals surface area contributed by atoms with Gasteiger partial charge in [0, 0.05) is 18.7 Å². The lowest BCUT2D eigenvalue weighted by Gasteiger charge is -2.13. The van der Waals surface area contributed by atoms with Crippen LogP contribution in [-0.4, -0.2) is 16.6 Å². The summed E-state index contributed by atoms with van der Waals surface area (Å²) < 4.78 is 7.92. The Balaban J connectivity index is 2.15. The zero-order chi connectivity index (χ0) is 13.7. The van der Waals surface area contributed by atoms with E-state index in [4.69, 9.17) is 16.3 Å². The minimum atomic E-state index is 0.467. The predicted molar refractivity (Wildman–Crippen MR) is 76.4 cm³/mol. The van der Waals surface area contributed by atoms with Crippen molar-refractivity contribution < 1.29 is 4.74 Å². The van der Waals surface area contributed by atoms with Crippen LogP contribution in [0, 0.1) is 0 Å². The number of nitrogens with one attached hydrogen (secondary N) is 1. The molecule has 1 aromatic carbocycles. The van der Waals surface area contributed by atoms with Crippen molar-refractivity contribution in [2.24, 2.45) is 0 Å². The Bertz CT molecular complexity index is 539. The molecule has 0 atom stereocenters. The molecule has 4 nitrogen and oxygen atoms in total. The maximum atomic E-state index is 6.20. The fourth-order valence-electron chi connectivity index (χ4n) is 1.94. The number of para-hydroxylation sites is 1. The third kappa shape index (κ3) is 3.28. The fourth-order valence-corrected chi connectivity index (χ4v) is 2.19.